The summed E-state index contributed by atoms with van der Waals surface area (Å²) in [6.07, 6.45) is 0.909. The second-order valence-corrected chi connectivity index (χ2v) is 5.79. The molecule has 0 spiro atoms. The Bertz CT molecular complexity index is 272. The summed E-state index contributed by atoms with van der Waals surface area (Å²) in [6, 6.07) is 0. The van der Waals surface area contributed by atoms with Crippen molar-refractivity contribution in [2.24, 2.45) is 0 Å². The first-order valence-electron chi connectivity index (χ1n) is 5.67. The van der Waals surface area contributed by atoms with Crippen LogP contribution in [0.15, 0.2) is 0 Å². The summed E-state index contributed by atoms with van der Waals surface area (Å²) in [7, 11) is 0.435. The van der Waals surface area contributed by atoms with E-state index in [1.807, 2.05) is 14.1 Å². The van der Waals surface area contributed by atoms with Crippen LogP contribution in [-0.4, -0.2) is 70.4 Å². The molecular formula is C9H22N4O2S. The normalized spacial score (nSPS) is 22.4. The molecular weight excluding hydrogens is 228 g/mol. The molecule has 1 fully saturated rings. The van der Waals surface area contributed by atoms with Crippen LogP contribution in [0.3, 0.4) is 0 Å². The molecule has 0 aromatic rings. The van der Waals surface area contributed by atoms with Crippen molar-refractivity contribution in [2.75, 3.05) is 53.4 Å². The van der Waals surface area contributed by atoms with Gasteiger partial charge in [-0.2, -0.15) is 17.0 Å². The predicted octanol–water partition coefficient (Wildman–Crippen LogP) is -1.32. The van der Waals surface area contributed by atoms with Gasteiger partial charge in [-0.05, 0) is 20.5 Å². The second kappa shape index (κ2) is 6.51. The van der Waals surface area contributed by atoms with Gasteiger partial charge < -0.3 is 10.6 Å². The van der Waals surface area contributed by atoms with Gasteiger partial charge in [0.15, 0.2) is 0 Å². The zero-order chi connectivity index (χ0) is 12.0. The molecule has 1 aliphatic heterocycles. The maximum Gasteiger partial charge on any atom is 0.282 e. The van der Waals surface area contributed by atoms with E-state index in [0.717, 1.165) is 6.42 Å². The van der Waals surface area contributed by atoms with Crippen LogP contribution in [0.5, 0.6) is 0 Å². The number of rotatable bonds is 6. The molecule has 96 valence electrons. The lowest BCUT2D eigenvalue weighted by atomic mass is 10.4. The highest BCUT2D eigenvalue weighted by Crippen LogP contribution is 2.14. The summed E-state index contributed by atoms with van der Waals surface area (Å²) in [5.74, 6) is 0. The Morgan fingerprint density at radius 2 is 1.44 bits per heavy atom. The van der Waals surface area contributed by atoms with Crippen LogP contribution in [0, 0.1) is 0 Å². The summed E-state index contributed by atoms with van der Waals surface area (Å²) < 4.78 is 27.4. The highest BCUT2D eigenvalue weighted by atomic mass is 32.2. The quantitative estimate of drug-likeness (QED) is 0.613. The van der Waals surface area contributed by atoms with Gasteiger partial charge in [-0.3, -0.25) is 0 Å². The predicted molar refractivity (Wildman–Crippen MR) is 64.5 cm³/mol. The van der Waals surface area contributed by atoms with Crippen molar-refractivity contribution in [3.63, 3.8) is 0 Å². The second-order valence-electron chi connectivity index (χ2n) is 3.87. The molecule has 6 nitrogen and oxygen atoms in total. The molecule has 0 saturated carbocycles. The Morgan fingerprint density at radius 1 is 1.00 bits per heavy atom. The van der Waals surface area contributed by atoms with E-state index < -0.39 is 10.2 Å². The maximum atomic E-state index is 12.1. The first kappa shape index (κ1) is 13.9. The van der Waals surface area contributed by atoms with Gasteiger partial charge in [0.05, 0.1) is 0 Å². The molecule has 0 aromatic carbocycles. The molecule has 1 saturated heterocycles. The van der Waals surface area contributed by atoms with E-state index in [-0.39, 0.29) is 0 Å². The van der Waals surface area contributed by atoms with E-state index in [0.29, 0.717) is 39.3 Å². The number of nitrogens with zero attached hydrogens (tertiary/aromatic N) is 2. The standard InChI is InChI=1S/C9H22N4O2S/c1-10-4-8-12-6-3-7-13(9-5-11-2)16(12,14)15/h10-11H,3-9H2,1-2H3. The minimum absolute atomic E-state index is 0.550. The van der Waals surface area contributed by atoms with Crippen LogP contribution in [0.1, 0.15) is 6.42 Å². The van der Waals surface area contributed by atoms with E-state index in [1.54, 1.807) is 8.61 Å². The summed E-state index contributed by atoms with van der Waals surface area (Å²) >= 11 is 0. The molecule has 2 N–H and O–H groups in total. The number of hydrogen-bond acceptors (Lipinski definition) is 4. The van der Waals surface area contributed by atoms with Crippen LogP contribution in [0.4, 0.5) is 0 Å². The molecule has 0 amide bonds. The fourth-order valence-electron chi connectivity index (χ4n) is 1.74. The molecule has 0 aliphatic carbocycles. The fourth-order valence-corrected chi connectivity index (χ4v) is 3.44. The minimum atomic E-state index is -3.22. The van der Waals surface area contributed by atoms with Crippen molar-refractivity contribution >= 4 is 10.2 Å². The molecule has 0 radical (unpaired) electrons. The Balaban J connectivity index is 2.60. The average molecular weight is 250 g/mol. The number of likely N-dealkylation sites (N-methyl/N-ethyl adjacent to an activating group) is 2. The van der Waals surface area contributed by atoms with E-state index in [9.17, 15) is 8.42 Å². The molecule has 7 heteroatoms. The van der Waals surface area contributed by atoms with Gasteiger partial charge in [0.1, 0.15) is 0 Å². The van der Waals surface area contributed by atoms with Crippen molar-refractivity contribution in [3.8, 4) is 0 Å². The summed E-state index contributed by atoms with van der Waals surface area (Å²) in [4.78, 5) is 0. The van der Waals surface area contributed by atoms with Crippen molar-refractivity contribution < 1.29 is 8.42 Å². The topological polar surface area (TPSA) is 64.7 Å². The van der Waals surface area contributed by atoms with Gasteiger partial charge in [0.2, 0.25) is 0 Å². The van der Waals surface area contributed by atoms with Crippen LogP contribution < -0.4 is 10.6 Å². The maximum absolute atomic E-state index is 12.1. The zero-order valence-electron chi connectivity index (χ0n) is 10.1. The average Bonchev–Trinajstić information content (AvgIpc) is 2.25. The van der Waals surface area contributed by atoms with Crippen LogP contribution in [-0.2, 0) is 10.2 Å². The molecule has 0 unspecified atom stereocenters. The van der Waals surface area contributed by atoms with E-state index in [1.165, 1.54) is 0 Å². The lowest BCUT2D eigenvalue weighted by Gasteiger charge is -2.34. The third-order valence-electron chi connectivity index (χ3n) is 2.69. The largest absolute Gasteiger partial charge is 0.318 e. The zero-order valence-corrected chi connectivity index (χ0v) is 10.9. The molecule has 0 aromatic heterocycles. The van der Waals surface area contributed by atoms with Gasteiger partial charge in [0.25, 0.3) is 10.2 Å². The van der Waals surface area contributed by atoms with Gasteiger partial charge >= 0.3 is 0 Å². The Kier molecular flexibility index (Phi) is 5.63. The molecule has 1 heterocycles. The van der Waals surface area contributed by atoms with Crippen molar-refractivity contribution in [1.29, 1.82) is 0 Å². The van der Waals surface area contributed by atoms with Gasteiger partial charge in [-0.1, -0.05) is 0 Å². The van der Waals surface area contributed by atoms with Crippen molar-refractivity contribution in [2.45, 2.75) is 6.42 Å². The smallest absolute Gasteiger partial charge is 0.282 e. The van der Waals surface area contributed by atoms with E-state index >= 15 is 0 Å². The van der Waals surface area contributed by atoms with Crippen molar-refractivity contribution in [1.82, 2.24) is 19.2 Å². The summed E-state index contributed by atoms with van der Waals surface area (Å²) in [5.41, 5.74) is 0. The Morgan fingerprint density at radius 3 is 1.81 bits per heavy atom. The van der Waals surface area contributed by atoms with E-state index in [4.69, 9.17) is 0 Å². The van der Waals surface area contributed by atoms with Crippen LogP contribution >= 0.6 is 0 Å². The lowest BCUT2D eigenvalue weighted by Crippen LogP contribution is -2.52. The van der Waals surface area contributed by atoms with Gasteiger partial charge in [-0.15, -0.1) is 0 Å². The van der Waals surface area contributed by atoms with E-state index in [2.05, 4.69) is 10.6 Å². The minimum Gasteiger partial charge on any atom is -0.318 e. The highest BCUT2D eigenvalue weighted by Gasteiger charge is 2.32. The van der Waals surface area contributed by atoms with Gasteiger partial charge in [0, 0.05) is 39.3 Å². The molecule has 0 bridgehead atoms. The monoisotopic (exact) mass is 250 g/mol. The molecule has 0 atom stereocenters. The summed E-state index contributed by atoms with van der Waals surface area (Å²) in [5, 5.41) is 5.95. The fraction of sp³-hybridized carbons (Fsp3) is 1.00. The number of nitrogens with one attached hydrogen (secondary N) is 2. The van der Waals surface area contributed by atoms with Crippen molar-refractivity contribution in [3.05, 3.63) is 0 Å². The Hall–Kier alpha value is -0.210. The lowest BCUT2D eigenvalue weighted by molar-refractivity contribution is 0.285. The first-order valence-corrected chi connectivity index (χ1v) is 7.07. The number of hydrogen-bond donors (Lipinski definition) is 2. The molecule has 1 aliphatic rings. The van der Waals surface area contributed by atoms with Crippen LogP contribution in [0.2, 0.25) is 0 Å². The SMILES string of the molecule is CNCCN1CCCN(CCNC)S1(=O)=O. The molecule has 1 rings (SSSR count). The Labute approximate surface area is 98.2 Å². The molecule has 16 heavy (non-hydrogen) atoms. The first-order chi connectivity index (χ1) is 7.62. The summed E-state index contributed by atoms with van der Waals surface area (Å²) in [6.45, 7) is 3.77. The third-order valence-corrected chi connectivity index (χ3v) is 4.73. The highest BCUT2D eigenvalue weighted by molar-refractivity contribution is 7.86. The third kappa shape index (κ3) is 3.39. The van der Waals surface area contributed by atoms with Gasteiger partial charge in [-0.25, -0.2) is 0 Å². The van der Waals surface area contributed by atoms with Crippen LogP contribution in [0.25, 0.3) is 0 Å².